The zero-order chi connectivity index (χ0) is 23.7. The first-order valence-electron chi connectivity index (χ1n) is 11.3. The van der Waals surface area contributed by atoms with Crippen LogP contribution in [0, 0.1) is 5.82 Å². The highest BCUT2D eigenvalue weighted by Gasteiger charge is 2.41. The summed E-state index contributed by atoms with van der Waals surface area (Å²) in [6, 6.07) is 19.9. The first kappa shape index (κ1) is 21.8. The Bertz CT molecular complexity index is 1260. The first-order valence-corrected chi connectivity index (χ1v) is 11.3. The van der Waals surface area contributed by atoms with Gasteiger partial charge in [-0.1, -0.05) is 36.4 Å². The van der Waals surface area contributed by atoms with Crippen molar-refractivity contribution in [2.75, 3.05) is 11.4 Å². The van der Waals surface area contributed by atoms with Crippen LogP contribution in [0.5, 0.6) is 0 Å². The maximum atomic E-state index is 13.4. The average Bonchev–Trinajstić information content (AvgIpc) is 3.33. The van der Waals surface area contributed by atoms with Gasteiger partial charge in [0.25, 0.3) is 11.8 Å². The van der Waals surface area contributed by atoms with E-state index in [-0.39, 0.29) is 30.1 Å². The summed E-state index contributed by atoms with van der Waals surface area (Å²) in [6.45, 7) is 1.12. The molecule has 0 saturated carbocycles. The topological polar surface area (TPSA) is 69.7 Å². The number of carbonyl (C=O) groups is 3. The van der Waals surface area contributed by atoms with Gasteiger partial charge in [-0.3, -0.25) is 14.4 Å². The number of halogens is 1. The summed E-state index contributed by atoms with van der Waals surface area (Å²) < 4.78 is 13.3. The second-order valence-corrected chi connectivity index (χ2v) is 8.61. The van der Waals surface area contributed by atoms with Crippen LogP contribution in [0.25, 0.3) is 0 Å². The lowest BCUT2D eigenvalue weighted by Gasteiger charge is -2.26. The van der Waals surface area contributed by atoms with Gasteiger partial charge in [-0.2, -0.15) is 0 Å². The van der Waals surface area contributed by atoms with Gasteiger partial charge in [-0.15, -0.1) is 0 Å². The maximum absolute atomic E-state index is 13.4. The molecule has 1 fully saturated rings. The van der Waals surface area contributed by atoms with Crippen LogP contribution in [0.1, 0.15) is 44.7 Å². The number of anilines is 1. The molecule has 6 nitrogen and oxygen atoms in total. The van der Waals surface area contributed by atoms with Gasteiger partial charge in [0.1, 0.15) is 11.9 Å². The molecule has 0 radical (unpaired) electrons. The third-order valence-corrected chi connectivity index (χ3v) is 6.39. The van der Waals surface area contributed by atoms with Crippen LogP contribution in [0.3, 0.4) is 0 Å². The molecular weight excluding hydrogens is 433 g/mol. The number of carbonyl (C=O) groups excluding carboxylic acids is 3. The molecule has 3 aromatic rings. The van der Waals surface area contributed by atoms with Crippen molar-refractivity contribution in [2.24, 2.45) is 0 Å². The lowest BCUT2D eigenvalue weighted by atomic mass is 10.1. The Labute approximate surface area is 197 Å². The molecule has 0 spiro atoms. The highest BCUT2D eigenvalue weighted by molar-refractivity contribution is 6.11. The van der Waals surface area contributed by atoms with Gasteiger partial charge in [0, 0.05) is 18.7 Å². The fourth-order valence-corrected chi connectivity index (χ4v) is 4.65. The summed E-state index contributed by atoms with van der Waals surface area (Å²) in [4.78, 5) is 42.3. The number of fused-ring (bicyclic) bond motifs is 2. The smallest absolute Gasteiger partial charge is 0.256 e. The van der Waals surface area contributed by atoms with E-state index in [0.717, 1.165) is 12.0 Å². The highest BCUT2D eigenvalue weighted by atomic mass is 19.1. The van der Waals surface area contributed by atoms with Crippen LogP contribution in [0.15, 0.2) is 72.8 Å². The first-order chi connectivity index (χ1) is 16.5. The van der Waals surface area contributed by atoms with Crippen molar-refractivity contribution in [3.05, 3.63) is 101 Å². The average molecular weight is 458 g/mol. The molecule has 3 amide bonds. The summed E-state index contributed by atoms with van der Waals surface area (Å²) >= 11 is 0. The van der Waals surface area contributed by atoms with Crippen LogP contribution in [-0.2, 0) is 17.9 Å². The number of hydrogen-bond acceptors (Lipinski definition) is 3. The van der Waals surface area contributed by atoms with Crippen LogP contribution >= 0.6 is 0 Å². The third kappa shape index (κ3) is 4.17. The van der Waals surface area contributed by atoms with E-state index in [4.69, 9.17) is 0 Å². The fourth-order valence-electron chi connectivity index (χ4n) is 4.65. The monoisotopic (exact) mass is 457 g/mol. The zero-order valence-corrected chi connectivity index (χ0v) is 18.5. The van der Waals surface area contributed by atoms with E-state index >= 15 is 0 Å². The molecule has 172 valence electrons. The van der Waals surface area contributed by atoms with E-state index in [9.17, 15) is 18.8 Å². The standard InChI is InChI=1S/C27H24FN3O3/c28-21-6-3-5-19(15-21)16-29-25(32)20-12-10-18(11-13-20)17-31-23-8-2-1-7-22(23)26(33)30-14-4-9-24(30)27(31)34/h1-3,5-8,10-13,15,24H,4,9,14,16-17H2,(H,29,32). The van der Waals surface area contributed by atoms with Gasteiger partial charge in [0.15, 0.2) is 0 Å². The van der Waals surface area contributed by atoms with E-state index < -0.39 is 6.04 Å². The minimum Gasteiger partial charge on any atom is -0.348 e. The molecule has 2 aliphatic rings. The Morgan fingerprint density at radius 1 is 0.971 bits per heavy atom. The normalized spacial score (nSPS) is 17.3. The molecule has 3 aromatic carbocycles. The second kappa shape index (κ2) is 9.09. The molecule has 0 bridgehead atoms. The second-order valence-electron chi connectivity index (χ2n) is 8.61. The number of rotatable bonds is 5. The molecule has 1 N–H and O–H groups in total. The molecule has 34 heavy (non-hydrogen) atoms. The molecule has 0 aromatic heterocycles. The molecule has 5 rings (SSSR count). The van der Waals surface area contributed by atoms with Crippen molar-refractivity contribution >= 4 is 23.4 Å². The zero-order valence-electron chi connectivity index (χ0n) is 18.5. The van der Waals surface area contributed by atoms with Crippen molar-refractivity contribution in [2.45, 2.75) is 32.0 Å². The fraction of sp³-hybridized carbons (Fsp3) is 0.222. The summed E-state index contributed by atoms with van der Waals surface area (Å²) in [5.74, 6) is -0.783. The maximum Gasteiger partial charge on any atom is 0.256 e. The lowest BCUT2D eigenvalue weighted by Crippen LogP contribution is -2.44. The summed E-state index contributed by atoms with van der Waals surface area (Å²) in [5.41, 5.74) is 3.15. The Morgan fingerprint density at radius 2 is 1.76 bits per heavy atom. The van der Waals surface area contributed by atoms with Crippen LogP contribution in [0.4, 0.5) is 10.1 Å². The van der Waals surface area contributed by atoms with E-state index in [2.05, 4.69) is 5.32 Å². The van der Waals surface area contributed by atoms with Gasteiger partial charge in [-0.25, -0.2) is 4.39 Å². The highest BCUT2D eigenvalue weighted by Crippen LogP contribution is 2.33. The van der Waals surface area contributed by atoms with Crippen molar-refractivity contribution < 1.29 is 18.8 Å². The number of nitrogens with zero attached hydrogens (tertiary/aromatic N) is 2. The molecular formula is C27H24FN3O3. The van der Waals surface area contributed by atoms with E-state index in [1.165, 1.54) is 12.1 Å². The quantitative estimate of drug-likeness (QED) is 0.632. The van der Waals surface area contributed by atoms with Gasteiger partial charge in [0.05, 0.1) is 17.8 Å². The molecule has 2 aliphatic heterocycles. The van der Waals surface area contributed by atoms with Crippen LogP contribution in [-0.4, -0.2) is 35.2 Å². The van der Waals surface area contributed by atoms with Gasteiger partial charge < -0.3 is 15.1 Å². The summed E-state index contributed by atoms with van der Waals surface area (Å²) in [5, 5.41) is 2.79. The van der Waals surface area contributed by atoms with Crippen molar-refractivity contribution in [1.29, 1.82) is 0 Å². The van der Waals surface area contributed by atoms with Gasteiger partial charge >= 0.3 is 0 Å². The Morgan fingerprint density at radius 3 is 2.56 bits per heavy atom. The molecule has 7 heteroatoms. The van der Waals surface area contributed by atoms with E-state index in [1.54, 1.807) is 40.1 Å². The number of nitrogens with one attached hydrogen (secondary N) is 1. The molecule has 0 aliphatic carbocycles. The van der Waals surface area contributed by atoms with Crippen molar-refractivity contribution in [3.63, 3.8) is 0 Å². The van der Waals surface area contributed by atoms with Crippen LogP contribution in [0.2, 0.25) is 0 Å². The third-order valence-electron chi connectivity index (χ3n) is 6.39. The summed E-state index contributed by atoms with van der Waals surface area (Å²) in [6.07, 6.45) is 1.48. The molecule has 2 heterocycles. The molecule has 1 saturated heterocycles. The predicted molar refractivity (Wildman–Crippen MR) is 126 cm³/mol. The largest absolute Gasteiger partial charge is 0.348 e. The van der Waals surface area contributed by atoms with Crippen LogP contribution < -0.4 is 10.2 Å². The van der Waals surface area contributed by atoms with Gasteiger partial charge in [0.2, 0.25) is 5.91 Å². The minimum absolute atomic E-state index is 0.0762. The van der Waals surface area contributed by atoms with Gasteiger partial charge in [-0.05, 0) is 60.4 Å². The van der Waals surface area contributed by atoms with Crippen molar-refractivity contribution in [1.82, 2.24) is 10.2 Å². The van der Waals surface area contributed by atoms with Crippen molar-refractivity contribution in [3.8, 4) is 0 Å². The van der Waals surface area contributed by atoms with E-state index in [1.807, 2.05) is 30.3 Å². The number of benzene rings is 3. The minimum atomic E-state index is -0.437. The lowest BCUT2D eigenvalue weighted by molar-refractivity contribution is -0.122. The number of hydrogen-bond donors (Lipinski definition) is 1. The Kier molecular flexibility index (Phi) is 5.84. The summed E-state index contributed by atoms with van der Waals surface area (Å²) in [7, 11) is 0. The molecule has 1 unspecified atom stereocenters. The Hall–Kier alpha value is -4.00. The molecule has 1 atom stereocenters. The SMILES string of the molecule is O=C(NCc1cccc(F)c1)c1ccc(CN2C(=O)C3CCCN3C(=O)c3ccccc32)cc1. The number of amides is 3. The predicted octanol–water partition coefficient (Wildman–Crippen LogP) is 3.91. The number of para-hydroxylation sites is 1. The Balaban J connectivity index is 1.33. The van der Waals surface area contributed by atoms with E-state index in [0.29, 0.717) is 41.9 Å².